The molecule has 0 radical (unpaired) electrons. The van der Waals surface area contributed by atoms with E-state index < -0.39 is 47.7 Å². The average Bonchev–Trinajstić information content (AvgIpc) is 2.88. The van der Waals surface area contributed by atoms with E-state index in [0.29, 0.717) is 43.3 Å². The molecule has 0 saturated carbocycles. The largest absolute Gasteiger partial charge is 0.480 e. The van der Waals surface area contributed by atoms with E-state index in [4.69, 9.17) is 11.6 Å². The zero-order valence-electron chi connectivity index (χ0n) is 22.1. The maximum absolute atomic E-state index is 14.9. The molecule has 0 aliphatic carbocycles. The van der Waals surface area contributed by atoms with Crippen molar-refractivity contribution in [3.05, 3.63) is 58.1 Å². The fraction of sp³-hybridized carbons (Fsp3) is 0.481. The second-order valence-corrected chi connectivity index (χ2v) is 10.5. The summed E-state index contributed by atoms with van der Waals surface area (Å²) in [6.07, 6.45) is -4.84. The summed E-state index contributed by atoms with van der Waals surface area (Å²) in [5.41, 5.74) is 0.111. The molecule has 0 spiro atoms. The fourth-order valence-corrected chi connectivity index (χ4v) is 4.60. The first-order chi connectivity index (χ1) is 18.7. The third-order valence-electron chi connectivity index (χ3n) is 6.58. The van der Waals surface area contributed by atoms with Crippen molar-refractivity contribution in [2.75, 3.05) is 42.9 Å². The molecule has 13 heteroatoms. The molecule has 40 heavy (non-hydrogen) atoms. The summed E-state index contributed by atoms with van der Waals surface area (Å²) in [5, 5.41) is 15.0. The number of nitrogens with one attached hydrogen (secondary N) is 2. The van der Waals surface area contributed by atoms with E-state index in [1.54, 1.807) is 11.0 Å². The molecule has 1 heterocycles. The van der Waals surface area contributed by atoms with Gasteiger partial charge < -0.3 is 20.6 Å². The average molecular weight is 591 g/mol. The van der Waals surface area contributed by atoms with Crippen LogP contribution in [0.2, 0.25) is 5.02 Å². The molecule has 1 unspecified atom stereocenters. The number of amides is 1. The molecule has 3 rings (SSSR count). The maximum atomic E-state index is 14.9. The number of aliphatic carboxylic acids is 1. The van der Waals surface area contributed by atoms with Crippen molar-refractivity contribution in [3.63, 3.8) is 0 Å². The number of carboxylic acids is 1. The van der Waals surface area contributed by atoms with Crippen LogP contribution in [-0.2, 0) is 11.3 Å². The molecule has 1 atom stereocenters. The number of halogens is 6. The minimum absolute atomic E-state index is 0.0669. The summed E-state index contributed by atoms with van der Waals surface area (Å²) < 4.78 is 67.4. The quantitative estimate of drug-likeness (QED) is 0.298. The van der Waals surface area contributed by atoms with Crippen LogP contribution in [0.3, 0.4) is 0 Å². The molecule has 2 aromatic carbocycles. The second-order valence-electron chi connectivity index (χ2n) is 10.1. The van der Waals surface area contributed by atoms with Gasteiger partial charge in [0.1, 0.15) is 6.04 Å². The van der Waals surface area contributed by atoms with Crippen molar-refractivity contribution in [3.8, 4) is 0 Å². The molecular weight excluding hydrogens is 559 g/mol. The van der Waals surface area contributed by atoms with Gasteiger partial charge in [-0.25, -0.2) is 8.78 Å². The van der Waals surface area contributed by atoms with E-state index in [0.717, 1.165) is 6.07 Å². The SMILES string of the molecule is CC(C)CC(NCc1ccc(C(=O)Nc2ccc(Cl)cc2N2CCN(CCC(F)(F)F)CC2)c(F)c1F)C(=O)O. The zero-order valence-corrected chi connectivity index (χ0v) is 22.9. The van der Waals surface area contributed by atoms with Gasteiger partial charge in [0.05, 0.1) is 23.4 Å². The van der Waals surface area contributed by atoms with Gasteiger partial charge in [-0.05, 0) is 36.6 Å². The predicted molar refractivity (Wildman–Crippen MR) is 143 cm³/mol. The van der Waals surface area contributed by atoms with E-state index in [1.165, 1.54) is 18.2 Å². The zero-order chi connectivity index (χ0) is 29.6. The molecule has 3 N–H and O–H groups in total. The van der Waals surface area contributed by atoms with Crippen LogP contribution in [0.4, 0.5) is 33.3 Å². The lowest BCUT2D eigenvalue weighted by molar-refractivity contribution is -0.140. The minimum atomic E-state index is -4.24. The molecule has 1 fully saturated rings. The van der Waals surface area contributed by atoms with Crippen molar-refractivity contribution >= 4 is 34.9 Å². The highest BCUT2D eigenvalue weighted by atomic mass is 35.5. The van der Waals surface area contributed by atoms with Crippen LogP contribution in [0.25, 0.3) is 0 Å². The number of carbonyl (C=O) groups is 2. The maximum Gasteiger partial charge on any atom is 0.390 e. The van der Waals surface area contributed by atoms with E-state index in [2.05, 4.69) is 10.6 Å². The third kappa shape index (κ3) is 8.77. The number of nitrogens with zero attached hydrogens (tertiary/aromatic N) is 2. The van der Waals surface area contributed by atoms with Gasteiger partial charge in [0.2, 0.25) is 0 Å². The van der Waals surface area contributed by atoms with Crippen LogP contribution in [0.15, 0.2) is 30.3 Å². The molecule has 2 aromatic rings. The number of rotatable bonds is 11. The fourth-order valence-electron chi connectivity index (χ4n) is 4.44. The monoisotopic (exact) mass is 590 g/mol. The first kappa shape index (κ1) is 31.6. The van der Waals surface area contributed by atoms with Gasteiger partial charge in [-0.15, -0.1) is 0 Å². The van der Waals surface area contributed by atoms with Crippen LogP contribution < -0.4 is 15.5 Å². The Hall–Kier alpha value is -2.96. The van der Waals surface area contributed by atoms with Crippen molar-refractivity contribution in [1.82, 2.24) is 10.2 Å². The Bertz CT molecular complexity index is 1200. The van der Waals surface area contributed by atoms with Gasteiger partial charge in [0, 0.05) is 49.9 Å². The molecule has 7 nitrogen and oxygen atoms in total. The van der Waals surface area contributed by atoms with E-state index >= 15 is 0 Å². The van der Waals surface area contributed by atoms with Crippen molar-refractivity contribution in [1.29, 1.82) is 0 Å². The number of hydrogen-bond acceptors (Lipinski definition) is 5. The minimum Gasteiger partial charge on any atom is -0.480 e. The summed E-state index contributed by atoms with van der Waals surface area (Å²) in [7, 11) is 0. The molecule has 1 saturated heterocycles. The first-order valence-electron chi connectivity index (χ1n) is 12.8. The lowest BCUT2D eigenvalue weighted by Gasteiger charge is -2.37. The number of anilines is 2. The van der Waals surface area contributed by atoms with Crippen LogP contribution >= 0.6 is 11.6 Å². The van der Waals surface area contributed by atoms with Gasteiger partial charge in [0.15, 0.2) is 11.6 Å². The smallest absolute Gasteiger partial charge is 0.390 e. The van der Waals surface area contributed by atoms with Crippen molar-refractivity contribution in [2.45, 2.75) is 45.5 Å². The Morgan fingerprint density at radius 1 is 1.05 bits per heavy atom. The van der Waals surface area contributed by atoms with Gasteiger partial charge in [0.25, 0.3) is 5.91 Å². The van der Waals surface area contributed by atoms with E-state index in [9.17, 15) is 36.6 Å². The normalized spacial score (nSPS) is 15.4. The number of piperazine rings is 1. The number of carboxylic acid groups (broad SMARTS) is 1. The topological polar surface area (TPSA) is 84.9 Å². The van der Waals surface area contributed by atoms with Gasteiger partial charge in [-0.1, -0.05) is 31.5 Å². The lowest BCUT2D eigenvalue weighted by Crippen LogP contribution is -2.47. The van der Waals surface area contributed by atoms with Crippen LogP contribution in [0.1, 0.15) is 42.6 Å². The molecule has 0 aromatic heterocycles. The van der Waals surface area contributed by atoms with Gasteiger partial charge >= 0.3 is 12.1 Å². The summed E-state index contributed by atoms with van der Waals surface area (Å²) in [4.78, 5) is 27.9. The molecule has 1 amide bonds. The number of benzene rings is 2. The van der Waals surface area contributed by atoms with Gasteiger partial charge in [-0.3, -0.25) is 14.5 Å². The molecule has 1 aliphatic rings. The summed E-state index contributed by atoms with van der Waals surface area (Å²) in [6, 6.07) is 6.01. The highest BCUT2D eigenvalue weighted by Gasteiger charge is 2.29. The van der Waals surface area contributed by atoms with E-state index in [-0.39, 0.29) is 30.3 Å². The lowest BCUT2D eigenvalue weighted by atomic mass is 10.0. The van der Waals surface area contributed by atoms with Crippen LogP contribution in [0.5, 0.6) is 0 Å². The Balaban J connectivity index is 1.70. The highest BCUT2D eigenvalue weighted by molar-refractivity contribution is 6.31. The summed E-state index contributed by atoms with van der Waals surface area (Å²) in [5.74, 6) is -4.59. The Labute approximate surface area is 234 Å². The number of alkyl halides is 3. The molecule has 0 bridgehead atoms. The highest BCUT2D eigenvalue weighted by Crippen LogP contribution is 2.31. The van der Waals surface area contributed by atoms with Crippen molar-refractivity contribution in [2.24, 2.45) is 5.92 Å². The Kier molecular flexibility index (Phi) is 10.7. The number of carbonyl (C=O) groups excluding carboxylic acids is 1. The van der Waals surface area contributed by atoms with Crippen molar-refractivity contribution < 1.29 is 36.6 Å². The standard InChI is InChI=1S/C27H32ClF5N4O3/c1-16(2)13-21(26(39)40)34-15-17-3-5-19(24(30)23(17)29)25(38)35-20-6-4-18(28)14-22(20)37-11-9-36(10-12-37)8-7-27(31,32)33/h3-6,14,16,21,34H,7-13,15H2,1-2H3,(H,35,38)(H,39,40). The van der Waals surface area contributed by atoms with Crippen LogP contribution in [0, 0.1) is 17.6 Å². The van der Waals surface area contributed by atoms with Gasteiger partial charge in [-0.2, -0.15) is 13.2 Å². The Morgan fingerprint density at radius 2 is 1.73 bits per heavy atom. The summed E-state index contributed by atoms with van der Waals surface area (Å²) >= 11 is 6.15. The summed E-state index contributed by atoms with van der Waals surface area (Å²) in [6.45, 7) is 4.81. The predicted octanol–water partition coefficient (Wildman–Crippen LogP) is 5.53. The Morgan fingerprint density at radius 3 is 2.33 bits per heavy atom. The molecule has 1 aliphatic heterocycles. The second kappa shape index (κ2) is 13.6. The molecule has 220 valence electrons. The molecular formula is C27H32ClF5N4O3. The number of hydrogen-bond donors (Lipinski definition) is 3. The third-order valence-corrected chi connectivity index (χ3v) is 6.82. The van der Waals surface area contributed by atoms with Crippen LogP contribution in [-0.4, -0.2) is 66.8 Å². The first-order valence-corrected chi connectivity index (χ1v) is 13.2. The van der Waals surface area contributed by atoms with E-state index in [1.807, 2.05) is 18.7 Å².